The summed E-state index contributed by atoms with van der Waals surface area (Å²) in [5, 5.41) is 13.8. The maximum Gasteiger partial charge on any atom is 0.344 e. The molecule has 0 atom stereocenters. The van der Waals surface area contributed by atoms with E-state index in [9.17, 15) is 14.9 Å². The van der Waals surface area contributed by atoms with Gasteiger partial charge in [-0.1, -0.05) is 24.3 Å². The van der Waals surface area contributed by atoms with Crippen molar-refractivity contribution >= 4 is 33.1 Å². The van der Waals surface area contributed by atoms with Gasteiger partial charge in [0.1, 0.15) is 5.58 Å². The van der Waals surface area contributed by atoms with Crippen LogP contribution in [0.2, 0.25) is 0 Å². The van der Waals surface area contributed by atoms with Crippen LogP contribution in [0.15, 0.2) is 69.9 Å². The number of fused-ring (bicyclic) bond motifs is 3. The molecule has 146 valence electrons. The van der Waals surface area contributed by atoms with Crippen LogP contribution in [-0.2, 0) is 0 Å². The average molecular weight is 388 g/mol. The van der Waals surface area contributed by atoms with Gasteiger partial charge >= 0.3 is 5.63 Å². The van der Waals surface area contributed by atoms with E-state index in [0.717, 1.165) is 34.9 Å². The van der Waals surface area contributed by atoms with Crippen molar-refractivity contribution in [2.75, 3.05) is 18.0 Å². The minimum Gasteiger partial charge on any atom is -0.422 e. The molecule has 0 aliphatic carbocycles. The van der Waals surface area contributed by atoms with Gasteiger partial charge in [0.25, 0.3) is 5.69 Å². The quantitative estimate of drug-likeness (QED) is 0.199. The predicted octanol–water partition coefficient (Wildman–Crippen LogP) is 5.37. The molecule has 0 spiro atoms. The third kappa shape index (κ3) is 3.23. The van der Waals surface area contributed by atoms with Gasteiger partial charge in [0.15, 0.2) is 0 Å². The third-order valence-corrected chi connectivity index (χ3v) is 5.23. The SMILES string of the molecule is CCN(CC)c1cc2oc(=O)c(-c3ccc([N+](=O)[O-])cc3)cc2c2ccccc12. The van der Waals surface area contributed by atoms with Crippen LogP contribution >= 0.6 is 0 Å². The number of hydrogen-bond donors (Lipinski definition) is 0. The number of anilines is 1. The Morgan fingerprint density at radius 3 is 2.21 bits per heavy atom. The van der Waals surface area contributed by atoms with Crippen molar-refractivity contribution in [3.05, 3.63) is 81.2 Å². The van der Waals surface area contributed by atoms with Crippen LogP contribution in [0.5, 0.6) is 0 Å². The molecule has 0 saturated carbocycles. The van der Waals surface area contributed by atoms with Gasteiger partial charge in [-0.25, -0.2) is 4.79 Å². The molecular formula is C23H20N2O4. The van der Waals surface area contributed by atoms with Gasteiger partial charge in [-0.2, -0.15) is 0 Å². The minimum absolute atomic E-state index is 0.0201. The Balaban J connectivity index is 1.98. The number of rotatable bonds is 5. The molecule has 1 aromatic heterocycles. The molecule has 6 heteroatoms. The van der Waals surface area contributed by atoms with Crippen LogP contribution < -0.4 is 10.5 Å². The number of hydrogen-bond acceptors (Lipinski definition) is 5. The topological polar surface area (TPSA) is 76.6 Å². The first-order chi connectivity index (χ1) is 14.0. The van der Waals surface area contributed by atoms with Crippen molar-refractivity contribution < 1.29 is 9.34 Å². The summed E-state index contributed by atoms with van der Waals surface area (Å²) in [7, 11) is 0. The first kappa shape index (κ1) is 18.7. The van der Waals surface area contributed by atoms with E-state index < -0.39 is 10.5 Å². The molecule has 29 heavy (non-hydrogen) atoms. The fourth-order valence-corrected chi connectivity index (χ4v) is 3.73. The molecule has 0 aliphatic rings. The van der Waals surface area contributed by atoms with Crippen LogP contribution in [0.3, 0.4) is 0 Å². The van der Waals surface area contributed by atoms with Gasteiger partial charge in [-0.05, 0) is 43.0 Å². The molecule has 0 radical (unpaired) electrons. The normalized spacial score (nSPS) is 11.1. The zero-order valence-corrected chi connectivity index (χ0v) is 16.2. The van der Waals surface area contributed by atoms with Crippen molar-refractivity contribution in [3.8, 4) is 11.1 Å². The number of nitrogens with zero attached hydrogens (tertiary/aromatic N) is 2. The molecule has 0 N–H and O–H groups in total. The maximum atomic E-state index is 12.7. The van der Waals surface area contributed by atoms with Crippen LogP contribution in [0.1, 0.15) is 13.8 Å². The van der Waals surface area contributed by atoms with E-state index >= 15 is 0 Å². The zero-order valence-electron chi connectivity index (χ0n) is 16.2. The Kier molecular flexibility index (Phi) is 4.76. The average Bonchev–Trinajstić information content (AvgIpc) is 2.74. The maximum absolute atomic E-state index is 12.7. The molecule has 4 rings (SSSR count). The number of benzene rings is 3. The van der Waals surface area contributed by atoms with Crippen molar-refractivity contribution in [1.82, 2.24) is 0 Å². The van der Waals surface area contributed by atoms with E-state index in [1.807, 2.05) is 30.3 Å². The number of nitro benzene ring substituents is 1. The Labute approximate surface area is 167 Å². The van der Waals surface area contributed by atoms with Gasteiger partial charge in [0.2, 0.25) is 0 Å². The summed E-state index contributed by atoms with van der Waals surface area (Å²) in [6.07, 6.45) is 0. The van der Waals surface area contributed by atoms with Crippen molar-refractivity contribution in [2.24, 2.45) is 0 Å². The van der Waals surface area contributed by atoms with Gasteiger partial charge in [-0.15, -0.1) is 0 Å². The number of non-ortho nitro benzene ring substituents is 1. The van der Waals surface area contributed by atoms with E-state index in [1.54, 1.807) is 12.1 Å². The molecule has 0 fully saturated rings. The van der Waals surface area contributed by atoms with Crippen molar-refractivity contribution in [3.63, 3.8) is 0 Å². The van der Waals surface area contributed by atoms with Gasteiger partial charge in [-0.3, -0.25) is 10.1 Å². The molecule has 4 aromatic rings. The summed E-state index contributed by atoms with van der Waals surface area (Å²) < 4.78 is 5.70. The van der Waals surface area contributed by atoms with E-state index in [1.165, 1.54) is 12.1 Å². The lowest BCUT2D eigenvalue weighted by Gasteiger charge is -2.23. The van der Waals surface area contributed by atoms with Crippen molar-refractivity contribution in [1.29, 1.82) is 0 Å². The fourth-order valence-electron chi connectivity index (χ4n) is 3.73. The van der Waals surface area contributed by atoms with Crippen LogP contribution in [-0.4, -0.2) is 18.0 Å². The fraction of sp³-hybridized carbons (Fsp3) is 0.174. The molecule has 6 nitrogen and oxygen atoms in total. The van der Waals surface area contributed by atoms with E-state index in [4.69, 9.17) is 4.42 Å². The van der Waals surface area contributed by atoms with E-state index in [-0.39, 0.29) is 5.69 Å². The molecule has 0 bridgehead atoms. The Hall–Kier alpha value is -3.67. The third-order valence-electron chi connectivity index (χ3n) is 5.23. The standard InChI is InChI=1S/C23H20N2O4/c1-3-24(4-2)21-14-22-20(17-7-5-6-8-18(17)21)13-19(23(26)29-22)15-9-11-16(12-10-15)25(27)28/h5-14H,3-4H2,1-2H3. The molecule has 3 aromatic carbocycles. The van der Waals surface area contributed by atoms with Crippen LogP contribution in [0.25, 0.3) is 32.9 Å². The smallest absolute Gasteiger partial charge is 0.344 e. The lowest BCUT2D eigenvalue weighted by atomic mass is 10.00. The lowest BCUT2D eigenvalue weighted by Crippen LogP contribution is -2.22. The molecule has 0 saturated heterocycles. The van der Waals surface area contributed by atoms with Crippen LogP contribution in [0, 0.1) is 10.1 Å². The number of nitro groups is 1. The summed E-state index contributed by atoms with van der Waals surface area (Å²) in [5.74, 6) is 0. The Morgan fingerprint density at radius 1 is 0.931 bits per heavy atom. The van der Waals surface area contributed by atoms with Gasteiger partial charge in [0.05, 0.1) is 10.5 Å². The summed E-state index contributed by atoms with van der Waals surface area (Å²) in [4.78, 5) is 25.4. The highest BCUT2D eigenvalue weighted by molar-refractivity contribution is 6.12. The Morgan fingerprint density at radius 2 is 1.59 bits per heavy atom. The second-order valence-corrected chi connectivity index (χ2v) is 6.78. The molecular weight excluding hydrogens is 368 g/mol. The zero-order chi connectivity index (χ0) is 20.5. The van der Waals surface area contributed by atoms with Gasteiger partial charge < -0.3 is 9.32 Å². The van der Waals surface area contributed by atoms with Gasteiger partial charge in [0, 0.05) is 47.7 Å². The highest BCUT2D eigenvalue weighted by Gasteiger charge is 2.15. The van der Waals surface area contributed by atoms with Crippen LogP contribution in [0.4, 0.5) is 11.4 Å². The van der Waals surface area contributed by atoms with E-state index in [2.05, 4.69) is 24.8 Å². The summed E-state index contributed by atoms with van der Waals surface area (Å²) in [6.45, 7) is 5.88. The highest BCUT2D eigenvalue weighted by Crippen LogP contribution is 2.35. The first-order valence-electron chi connectivity index (χ1n) is 9.52. The summed E-state index contributed by atoms with van der Waals surface area (Å²) in [6, 6.07) is 17.7. The van der Waals surface area contributed by atoms with E-state index in [0.29, 0.717) is 16.7 Å². The minimum atomic E-state index is -0.466. The second-order valence-electron chi connectivity index (χ2n) is 6.78. The molecule has 1 heterocycles. The highest BCUT2D eigenvalue weighted by atomic mass is 16.6. The van der Waals surface area contributed by atoms with Crippen molar-refractivity contribution in [2.45, 2.75) is 13.8 Å². The largest absolute Gasteiger partial charge is 0.422 e. The Bertz CT molecular complexity index is 1270. The lowest BCUT2D eigenvalue weighted by molar-refractivity contribution is -0.384. The molecule has 0 unspecified atom stereocenters. The monoisotopic (exact) mass is 388 g/mol. The summed E-state index contributed by atoms with van der Waals surface area (Å²) >= 11 is 0. The second kappa shape index (κ2) is 7.39. The first-order valence-corrected chi connectivity index (χ1v) is 9.52. The predicted molar refractivity (Wildman–Crippen MR) is 116 cm³/mol. The summed E-state index contributed by atoms with van der Waals surface area (Å²) in [5.41, 5.74) is 2.04. The molecule has 0 aliphatic heterocycles. The molecule has 0 amide bonds.